The van der Waals surface area contributed by atoms with Crippen LogP contribution in [0.4, 0.5) is 0 Å². The summed E-state index contributed by atoms with van der Waals surface area (Å²) in [7, 11) is 0. The summed E-state index contributed by atoms with van der Waals surface area (Å²) in [6.45, 7) is 5.71. The molecule has 1 atom stereocenters. The molecule has 3 nitrogen and oxygen atoms in total. The van der Waals surface area contributed by atoms with Crippen LogP contribution in [0.3, 0.4) is 0 Å². The molecule has 0 amide bonds. The average Bonchev–Trinajstić information content (AvgIpc) is 3.05. The van der Waals surface area contributed by atoms with Crippen molar-refractivity contribution in [1.29, 1.82) is 0 Å². The first-order valence-electron chi connectivity index (χ1n) is 6.02. The minimum absolute atomic E-state index is 0.357. The molecule has 1 aliphatic rings. The third-order valence-electron chi connectivity index (χ3n) is 3.43. The van der Waals surface area contributed by atoms with Gasteiger partial charge in [0, 0.05) is 6.04 Å². The van der Waals surface area contributed by atoms with Gasteiger partial charge in [0.25, 0.3) is 0 Å². The van der Waals surface area contributed by atoms with Gasteiger partial charge in [-0.05, 0) is 44.7 Å². The van der Waals surface area contributed by atoms with Gasteiger partial charge in [-0.15, -0.1) is 0 Å². The summed E-state index contributed by atoms with van der Waals surface area (Å²) in [6, 6.07) is 6.33. The second-order valence-electron chi connectivity index (χ2n) is 5.17. The van der Waals surface area contributed by atoms with Crippen LogP contribution in [0.15, 0.2) is 18.2 Å². The number of carboxylic acids is 1. The van der Waals surface area contributed by atoms with Crippen molar-refractivity contribution in [2.24, 2.45) is 0 Å². The zero-order valence-corrected chi connectivity index (χ0v) is 10.6. The molecule has 0 aromatic heterocycles. The van der Waals surface area contributed by atoms with Crippen LogP contribution in [0.25, 0.3) is 0 Å². The molecule has 92 valence electrons. The first-order chi connectivity index (χ1) is 7.93. The van der Waals surface area contributed by atoms with Crippen molar-refractivity contribution >= 4 is 5.97 Å². The van der Waals surface area contributed by atoms with Crippen LogP contribution in [0.2, 0.25) is 0 Å². The second-order valence-corrected chi connectivity index (χ2v) is 5.17. The van der Waals surface area contributed by atoms with E-state index in [1.165, 1.54) is 0 Å². The molecule has 1 unspecified atom stereocenters. The van der Waals surface area contributed by atoms with E-state index in [0.29, 0.717) is 6.04 Å². The minimum Gasteiger partial charge on any atom is -0.480 e. The molecule has 3 heteroatoms. The average molecular weight is 233 g/mol. The molecule has 0 saturated heterocycles. The van der Waals surface area contributed by atoms with E-state index in [4.69, 9.17) is 0 Å². The first-order valence-corrected chi connectivity index (χ1v) is 6.02. The van der Waals surface area contributed by atoms with Crippen molar-refractivity contribution in [3.63, 3.8) is 0 Å². The van der Waals surface area contributed by atoms with Crippen LogP contribution >= 0.6 is 0 Å². The first kappa shape index (κ1) is 12.1. The lowest BCUT2D eigenvalue weighted by molar-refractivity contribution is -0.144. The van der Waals surface area contributed by atoms with E-state index in [1.54, 1.807) is 6.92 Å². The number of hydrogen-bond donors (Lipinski definition) is 2. The molecule has 0 aliphatic heterocycles. The number of benzene rings is 1. The van der Waals surface area contributed by atoms with Crippen molar-refractivity contribution < 1.29 is 9.90 Å². The second kappa shape index (κ2) is 4.15. The van der Waals surface area contributed by atoms with E-state index in [1.807, 2.05) is 32.0 Å². The summed E-state index contributed by atoms with van der Waals surface area (Å²) in [5.41, 5.74) is 2.01. The summed E-state index contributed by atoms with van der Waals surface area (Å²) in [6.07, 6.45) is 2.15. The lowest BCUT2D eigenvalue weighted by Gasteiger charge is -2.29. The van der Waals surface area contributed by atoms with E-state index in [9.17, 15) is 9.90 Å². The quantitative estimate of drug-likeness (QED) is 0.839. The Hall–Kier alpha value is -1.35. The fraction of sp³-hybridized carbons (Fsp3) is 0.500. The molecule has 0 spiro atoms. The summed E-state index contributed by atoms with van der Waals surface area (Å²) in [5.74, 6) is -0.807. The molecule has 0 bridgehead atoms. The van der Waals surface area contributed by atoms with Gasteiger partial charge < -0.3 is 5.11 Å². The summed E-state index contributed by atoms with van der Waals surface area (Å²) < 4.78 is 0. The Balaban J connectivity index is 2.43. The number of aliphatic carboxylic acids is 1. The van der Waals surface area contributed by atoms with E-state index in [2.05, 4.69) is 5.32 Å². The molecule has 2 N–H and O–H groups in total. The fourth-order valence-electron chi connectivity index (χ4n) is 2.17. The number of rotatable bonds is 4. The van der Waals surface area contributed by atoms with Gasteiger partial charge in [-0.1, -0.05) is 23.8 Å². The molecule has 1 aromatic rings. The molecule has 1 saturated carbocycles. The molecule has 1 aromatic carbocycles. The Morgan fingerprint density at radius 1 is 1.41 bits per heavy atom. The maximum atomic E-state index is 11.6. The number of carboxylic acid groups (broad SMARTS) is 1. The van der Waals surface area contributed by atoms with Gasteiger partial charge in [-0.25, -0.2) is 4.79 Å². The van der Waals surface area contributed by atoms with Crippen LogP contribution < -0.4 is 5.32 Å². The zero-order chi connectivity index (χ0) is 12.6. The van der Waals surface area contributed by atoms with Gasteiger partial charge >= 0.3 is 5.97 Å². The molecule has 1 fully saturated rings. The summed E-state index contributed by atoms with van der Waals surface area (Å²) in [4.78, 5) is 11.6. The smallest absolute Gasteiger partial charge is 0.328 e. The van der Waals surface area contributed by atoms with Crippen LogP contribution in [0.1, 0.15) is 36.5 Å². The highest BCUT2D eigenvalue weighted by atomic mass is 16.4. The van der Waals surface area contributed by atoms with E-state index >= 15 is 0 Å². The van der Waals surface area contributed by atoms with Gasteiger partial charge in [-0.3, -0.25) is 5.32 Å². The third kappa shape index (κ3) is 2.34. The van der Waals surface area contributed by atoms with Crippen LogP contribution in [0.5, 0.6) is 0 Å². The van der Waals surface area contributed by atoms with Gasteiger partial charge in [0.2, 0.25) is 0 Å². The lowest BCUT2D eigenvalue weighted by Crippen LogP contribution is -2.48. The molecule has 0 heterocycles. The molecule has 0 radical (unpaired) electrons. The Bertz CT molecular complexity index is 452. The van der Waals surface area contributed by atoms with Gasteiger partial charge in [0.15, 0.2) is 0 Å². The summed E-state index contributed by atoms with van der Waals surface area (Å²) >= 11 is 0. The van der Waals surface area contributed by atoms with E-state index < -0.39 is 11.5 Å². The predicted molar refractivity (Wildman–Crippen MR) is 67.1 cm³/mol. The third-order valence-corrected chi connectivity index (χ3v) is 3.43. The van der Waals surface area contributed by atoms with Crippen LogP contribution in [-0.2, 0) is 10.3 Å². The highest BCUT2D eigenvalue weighted by molar-refractivity contribution is 5.81. The normalized spacial score (nSPS) is 18.8. The Kier molecular flexibility index (Phi) is 2.96. The number of nitrogens with one attached hydrogen (secondary N) is 1. The van der Waals surface area contributed by atoms with Crippen molar-refractivity contribution in [3.05, 3.63) is 34.9 Å². The Labute approximate surface area is 102 Å². The highest BCUT2D eigenvalue weighted by Gasteiger charge is 2.40. The Morgan fingerprint density at radius 3 is 2.59 bits per heavy atom. The SMILES string of the molecule is Cc1ccc(C)c(C(C)(NC2CC2)C(=O)O)c1. The molecular weight excluding hydrogens is 214 g/mol. The lowest BCUT2D eigenvalue weighted by atomic mass is 9.87. The number of carbonyl (C=O) groups is 1. The highest BCUT2D eigenvalue weighted by Crippen LogP contribution is 2.31. The van der Waals surface area contributed by atoms with Crippen molar-refractivity contribution in [2.45, 2.75) is 45.2 Å². The molecule has 2 rings (SSSR count). The fourth-order valence-corrected chi connectivity index (χ4v) is 2.17. The number of hydrogen-bond acceptors (Lipinski definition) is 2. The van der Waals surface area contributed by atoms with Crippen LogP contribution in [-0.4, -0.2) is 17.1 Å². The van der Waals surface area contributed by atoms with Gasteiger partial charge in [-0.2, -0.15) is 0 Å². The van der Waals surface area contributed by atoms with Crippen molar-refractivity contribution in [1.82, 2.24) is 5.32 Å². The van der Waals surface area contributed by atoms with Crippen molar-refractivity contribution in [2.75, 3.05) is 0 Å². The topological polar surface area (TPSA) is 49.3 Å². The molecular formula is C14H19NO2. The maximum Gasteiger partial charge on any atom is 0.328 e. The largest absolute Gasteiger partial charge is 0.480 e. The molecule has 1 aliphatic carbocycles. The monoisotopic (exact) mass is 233 g/mol. The van der Waals surface area contributed by atoms with Gasteiger partial charge in [0.05, 0.1) is 0 Å². The molecule has 17 heavy (non-hydrogen) atoms. The number of aryl methyl sites for hydroxylation is 2. The summed E-state index contributed by atoms with van der Waals surface area (Å²) in [5, 5.41) is 12.8. The van der Waals surface area contributed by atoms with Gasteiger partial charge in [0.1, 0.15) is 5.54 Å². The predicted octanol–water partition coefficient (Wildman–Crippen LogP) is 2.36. The van der Waals surface area contributed by atoms with E-state index in [-0.39, 0.29) is 0 Å². The van der Waals surface area contributed by atoms with Crippen LogP contribution in [0, 0.1) is 13.8 Å². The maximum absolute atomic E-state index is 11.6. The van der Waals surface area contributed by atoms with Crippen molar-refractivity contribution in [3.8, 4) is 0 Å². The van der Waals surface area contributed by atoms with E-state index in [0.717, 1.165) is 29.5 Å². The standard InChI is InChI=1S/C14H19NO2/c1-9-4-5-10(2)12(8-9)14(3,13(16)17)15-11-6-7-11/h4-5,8,11,15H,6-7H2,1-3H3,(H,16,17). The minimum atomic E-state index is -0.975. The zero-order valence-electron chi connectivity index (χ0n) is 10.6. The Morgan fingerprint density at radius 2 is 2.06 bits per heavy atom.